The Morgan fingerprint density at radius 1 is 1.19 bits per heavy atom. The van der Waals surface area contributed by atoms with Crippen LogP contribution >= 0.6 is 24.0 Å². The Labute approximate surface area is 173 Å². The van der Waals surface area contributed by atoms with Gasteiger partial charge in [0.1, 0.15) is 0 Å². The van der Waals surface area contributed by atoms with Crippen LogP contribution in [0.5, 0.6) is 0 Å². The highest BCUT2D eigenvalue weighted by Crippen LogP contribution is 2.21. The van der Waals surface area contributed by atoms with Crippen molar-refractivity contribution in [1.29, 1.82) is 0 Å². The monoisotopic (exact) mass is 467 g/mol. The smallest absolute Gasteiger partial charge is 0.194 e. The Bertz CT molecular complexity index is 675. The van der Waals surface area contributed by atoms with Crippen molar-refractivity contribution in [3.63, 3.8) is 0 Å². The third kappa shape index (κ3) is 5.72. The van der Waals surface area contributed by atoms with Gasteiger partial charge < -0.3 is 10.2 Å². The maximum Gasteiger partial charge on any atom is 0.194 e. The molecular weight excluding hydrogens is 437 g/mol. The highest BCUT2D eigenvalue weighted by molar-refractivity contribution is 14.0. The quantitative estimate of drug-likeness (QED) is 0.416. The number of aliphatic imine (C=N–C) groups is 1. The van der Waals surface area contributed by atoms with Crippen molar-refractivity contribution in [2.24, 2.45) is 18.0 Å². The zero-order valence-corrected chi connectivity index (χ0v) is 18.1. The summed E-state index contributed by atoms with van der Waals surface area (Å²) in [5.74, 6) is 1.81. The summed E-state index contributed by atoms with van der Waals surface area (Å²) in [4.78, 5) is 7.22. The first-order valence-corrected chi connectivity index (χ1v) is 9.30. The van der Waals surface area contributed by atoms with Crippen LogP contribution < -0.4 is 5.32 Å². The zero-order valence-electron chi connectivity index (χ0n) is 15.8. The van der Waals surface area contributed by atoms with Crippen molar-refractivity contribution in [2.75, 3.05) is 19.6 Å². The van der Waals surface area contributed by atoms with Gasteiger partial charge in [0.2, 0.25) is 0 Å². The molecule has 1 aliphatic rings. The maximum absolute atomic E-state index is 4.82. The molecule has 0 saturated carbocycles. The topological polar surface area (TPSA) is 45.5 Å². The van der Waals surface area contributed by atoms with Crippen LogP contribution in [0.3, 0.4) is 0 Å². The van der Waals surface area contributed by atoms with Gasteiger partial charge in [0, 0.05) is 32.9 Å². The summed E-state index contributed by atoms with van der Waals surface area (Å²) in [5.41, 5.74) is 2.59. The fourth-order valence-corrected chi connectivity index (χ4v) is 3.43. The summed E-state index contributed by atoms with van der Waals surface area (Å²) in [6.45, 7) is 5.85. The average molecular weight is 467 g/mol. The second-order valence-corrected chi connectivity index (χ2v) is 6.74. The van der Waals surface area contributed by atoms with Crippen LogP contribution in [0.25, 0.3) is 0 Å². The van der Waals surface area contributed by atoms with Crippen molar-refractivity contribution in [3.8, 4) is 0 Å². The molecule has 0 amide bonds. The fraction of sp³-hybridized carbons (Fsp3) is 0.500. The van der Waals surface area contributed by atoms with Gasteiger partial charge in [-0.25, -0.2) is 4.99 Å². The van der Waals surface area contributed by atoms with E-state index in [1.165, 1.54) is 24.8 Å². The van der Waals surface area contributed by atoms with Gasteiger partial charge in [-0.2, -0.15) is 5.10 Å². The van der Waals surface area contributed by atoms with Crippen molar-refractivity contribution >= 4 is 29.9 Å². The van der Waals surface area contributed by atoms with Gasteiger partial charge >= 0.3 is 0 Å². The van der Waals surface area contributed by atoms with E-state index in [0.29, 0.717) is 6.54 Å². The lowest BCUT2D eigenvalue weighted by molar-refractivity contribution is 0.259. The third-order valence-corrected chi connectivity index (χ3v) is 4.93. The van der Waals surface area contributed by atoms with Gasteiger partial charge in [0.25, 0.3) is 0 Å². The molecule has 0 unspecified atom stereocenters. The van der Waals surface area contributed by atoms with Crippen molar-refractivity contribution in [2.45, 2.75) is 32.7 Å². The molecule has 5 nitrogen and oxygen atoms in total. The van der Waals surface area contributed by atoms with Gasteiger partial charge in [0.15, 0.2) is 5.96 Å². The highest BCUT2D eigenvalue weighted by atomic mass is 127. The van der Waals surface area contributed by atoms with E-state index >= 15 is 0 Å². The molecule has 1 fully saturated rings. The van der Waals surface area contributed by atoms with E-state index in [1.807, 2.05) is 24.0 Å². The molecule has 142 valence electrons. The number of rotatable bonds is 5. The number of aryl methyl sites for hydroxylation is 1. The van der Waals surface area contributed by atoms with Crippen LogP contribution in [-0.4, -0.2) is 40.3 Å². The number of nitrogens with zero attached hydrogens (tertiary/aromatic N) is 4. The van der Waals surface area contributed by atoms with Gasteiger partial charge in [-0.05, 0) is 43.7 Å². The van der Waals surface area contributed by atoms with Gasteiger partial charge in [-0.15, -0.1) is 24.0 Å². The lowest BCUT2D eigenvalue weighted by Crippen LogP contribution is -2.45. The number of hydrogen-bond donors (Lipinski definition) is 1. The van der Waals surface area contributed by atoms with E-state index < -0.39 is 0 Å². The minimum Gasteiger partial charge on any atom is -0.357 e. The summed E-state index contributed by atoms with van der Waals surface area (Å²) < 4.78 is 1.89. The Balaban J connectivity index is 0.00000243. The van der Waals surface area contributed by atoms with Crippen molar-refractivity contribution in [1.82, 2.24) is 20.0 Å². The van der Waals surface area contributed by atoms with E-state index in [9.17, 15) is 0 Å². The van der Waals surface area contributed by atoms with Crippen LogP contribution in [-0.2, 0) is 20.0 Å². The van der Waals surface area contributed by atoms with Crippen molar-refractivity contribution < 1.29 is 0 Å². The first-order valence-electron chi connectivity index (χ1n) is 9.30. The predicted molar refractivity (Wildman–Crippen MR) is 118 cm³/mol. The van der Waals surface area contributed by atoms with E-state index in [-0.39, 0.29) is 24.0 Å². The van der Waals surface area contributed by atoms with E-state index in [1.54, 1.807) is 0 Å². The lowest BCUT2D eigenvalue weighted by atomic mass is 9.90. The average Bonchev–Trinajstić information content (AvgIpc) is 3.05. The van der Waals surface area contributed by atoms with E-state index in [2.05, 4.69) is 52.6 Å². The molecule has 0 atom stereocenters. The summed E-state index contributed by atoms with van der Waals surface area (Å²) in [5, 5.41) is 7.66. The summed E-state index contributed by atoms with van der Waals surface area (Å²) in [7, 11) is 1.97. The number of likely N-dealkylation sites (tertiary alicyclic amines) is 1. The molecule has 26 heavy (non-hydrogen) atoms. The Morgan fingerprint density at radius 2 is 1.92 bits per heavy atom. The first kappa shape index (κ1) is 20.7. The zero-order chi connectivity index (χ0) is 17.5. The Kier molecular flexibility index (Phi) is 8.41. The van der Waals surface area contributed by atoms with Crippen LogP contribution in [0.1, 0.15) is 31.0 Å². The number of piperidine rings is 1. The van der Waals surface area contributed by atoms with Gasteiger partial charge in [-0.3, -0.25) is 4.68 Å². The molecule has 1 N–H and O–H groups in total. The van der Waals surface area contributed by atoms with Gasteiger partial charge in [-0.1, -0.05) is 30.3 Å². The molecule has 1 aliphatic heterocycles. The number of guanidine groups is 1. The van der Waals surface area contributed by atoms with Crippen LogP contribution in [0, 0.1) is 5.92 Å². The number of aromatic nitrogens is 2. The molecule has 6 heteroatoms. The number of benzene rings is 1. The summed E-state index contributed by atoms with van der Waals surface area (Å²) in [6, 6.07) is 12.9. The Hall–Kier alpha value is -1.57. The minimum absolute atomic E-state index is 0. The molecule has 2 heterocycles. The van der Waals surface area contributed by atoms with Crippen LogP contribution in [0.4, 0.5) is 0 Å². The lowest BCUT2D eigenvalue weighted by Gasteiger charge is -2.34. The summed E-state index contributed by atoms with van der Waals surface area (Å²) in [6.07, 6.45) is 5.47. The molecule has 1 aromatic carbocycles. The molecule has 0 aliphatic carbocycles. The predicted octanol–water partition coefficient (Wildman–Crippen LogP) is 3.46. The highest BCUT2D eigenvalue weighted by Gasteiger charge is 2.21. The van der Waals surface area contributed by atoms with Crippen LogP contribution in [0.2, 0.25) is 0 Å². The second kappa shape index (κ2) is 10.5. The maximum atomic E-state index is 4.82. The molecule has 1 aromatic heterocycles. The molecule has 3 rings (SSSR count). The standard InChI is InChI=1S/C20H29N5.HI/c1-3-21-20(22-16-19-9-12-23-24(19)2)25-13-10-18(11-14-25)15-17-7-5-4-6-8-17;/h4-9,12,18H,3,10-11,13-16H2,1-2H3,(H,21,22);1H. The normalized spacial score (nSPS) is 15.6. The SMILES string of the molecule is CCNC(=NCc1ccnn1C)N1CCC(Cc2ccccc2)CC1.I. The van der Waals surface area contributed by atoms with E-state index in [0.717, 1.165) is 37.2 Å². The number of nitrogens with one attached hydrogen (secondary N) is 1. The molecule has 0 radical (unpaired) electrons. The largest absolute Gasteiger partial charge is 0.357 e. The first-order chi connectivity index (χ1) is 12.3. The van der Waals surface area contributed by atoms with Crippen LogP contribution in [0.15, 0.2) is 47.6 Å². The molecular formula is C20H30IN5. The number of hydrogen-bond acceptors (Lipinski definition) is 2. The molecule has 1 saturated heterocycles. The van der Waals surface area contributed by atoms with E-state index in [4.69, 9.17) is 4.99 Å². The third-order valence-electron chi connectivity index (χ3n) is 4.93. The Morgan fingerprint density at radius 3 is 2.54 bits per heavy atom. The fourth-order valence-electron chi connectivity index (χ4n) is 3.43. The van der Waals surface area contributed by atoms with Crippen molar-refractivity contribution in [3.05, 3.63) is 53.9 Å². The summed E-state index contributed by atoms with van der Waals surface area (Å²) >= 11 is 0. The minimum atomic E-state index is 0. The number of halogens is 1. The van der Waals surface area contributed by atoms with Gasteiger partial charge in [0.05, 0.1) is 12.2 Å². The molecule has 2 aromatic rings. The molecule has 0 spiro atoms. The molecule has 0 bridgehead atoms. The second-order valence-electron chi connectivity index (χ2n) is 6.74.